The summed E-state index contributed by atoms with van der Waals surface area (Å²) in [5, 5.41) is 0. The first-order chi connectivity index (χ1) is 8.20. The summed E-state index contributed by atoms with van der Waals surface area (Å²) in [6.45, 7) is 4.97. The maximum Gasteiger partial charge on any atom is 0.146 e. The molecule has 1 saturated heterocycles. The Balaban J connectivity index is 2.16. The fourth-order valence-electron chi connectivity index (χ4n) is 2.78. The molecule has 17 heavy (non-hydrogen) atoms. The Morgan fingerprint density at radius 3 is 2.65 bits per heavy atom. The molecular formula is C15H21NO. The third-order valence-corrected chi connectivity index (χ3v) is 3.79. The Bertz CT molecular complexity index is 374. The summed E-state index contributed by atoms with van der Waals surface area (Å²) in [5.41, 5.74) is 1.31. The number of Topliss-reactive ketones (excluding diaryl/α,β-unsaturated/α-hetero) is 1. The Hall–Kier alpha value is -1.15. The lowest BCUT2D eigenvalue weighted by molar-refractivity contribution is -0.124. The fourth-order valence-corrected chi connectivity index (χ4v) is 2.78. The molecule has 0 N–H and O–H groups in total. The second kappa shape index (κ2) is 5.46. The van der Waals surface area contributed by atoms with Crippen LogP contribution >= 0.6 is 0 Å². The van der Waals surface area contributed by atoms with E-state index in [2.05, 4.69) is 36.1 Å². The highest BCUT2D eigenvalue weighted by Crippen LogP contribution is 2.28. The fraction of sp³-hybridized carbons (Fsp3) is 0.533. The molecule has 1 aliphatic rings. The summed E-state index contributed by atoms with van der Waals surface area (Å²) in [4.78, 5) is 14.1. The molecule has 0 aromatic heterocycles. The lowest BCUT2D eigenvalue weighted by atomic mass is 9.95. The van der Waals surface area contributed by atoms with Crippen molar-refractivity contribution >= 4 is 5.78 Å². The molecule has 2 heteroatoms. The molecule has 1 aliphatic heterocycles. The van der Waals surface area contributed by atoms with E-state index in [1.54, 1.807) is 6.92 Å². The van der Waals surface area contributed by atoms with Crippen molar-refractivity contribution in [3.8, 4) is 0 Å². The Kier molecular flexibility index (Phi) is 3.95. The molecule has 92 valence electrons. The number of nitrogens with zero attached hydrogens (tertiary/aromatic N) is 1. The molecule has 1 fully saturated rings. The molecule has 0 spiro atoms. The van der Waals surface area contributed by atoms with Crippen LogP contribution in [0.4, 0.5) is 0 Å². The zero-order valence-corrected chi connectivity index (χ0v) is 10.7. The second-order valence-electron chi connectivity index (χ2n) is 4.95. The third-order valence-electron chi connectivity index (χ3n) is 3.79. The Labute approximate surface area is 104 Å². The maximum absolute atomic E-state index is 11.7. The maximum atomic E-state index is 11.7. The van der Waals surface area contributed by atoms with Crippen LogP contribution in [0, 0.1) is 0 Å². The summed E-state index contributed by atoms with van der Waals surface area (Å²) in [5.74, 6) is 0.312. The van der Waals surface area contributed by atoms with E-state index >= 15 is 0 Å². The van der Waals surface area contributed by atoms with Crippen molar-refractivity contribution in [2.75, 3.05) is 6.54 Å². The van der Waals surface area contributed by atoms with Gasteiger partial charge in [0.05, 0.1) is 6.04 Å². The Morgan fingerprint density at radius 1 is 1.29 bits per heavy atom. The van der Waals surface area contributed by atoms with E-state index in [0.717, 1.165) is 13.0 Å². The quantitative estimate of drug-likeness (QED) is 0.796. The molecule has 0 aliphatic carbocycles. The van der Waals surface area contributed by atoms with E-state index in [1.807, 2.05) is 6.07 Å². The summed E-state index contributed by atoms with van der Waals surface area (Å²) in [7, 11) is 0. The van der Waals surface area contributed by atoms with Gasteiger partial charge in [-0.15, -0.1) is 0 Å². The van der Waals surface area contributed by atoms with Crippen molar-refractivity contribution in [3.63, 3.8) is 0 Å². The molecule has 0 saturated carbocycles. The van der Waals surface area contributed by atoms with Gasteiger partial charge in [0, 0.05) is 6.04 Å². The van der Waals surface area contributed by atoms with Gasteiger partial charge in [0.25, 0.3) is 0 Å². The Morgan fingerprint density at radius 2 is 2.00 bits per heavy atom. The smallest absolute Gasteiger partial charge is 0.146 e. The van der Waals surface area contributed by atoms with Gasteiger partial charge in [-0.3, -0.25) is 9.69 Å². The molecule has 0 radical (unpaired) electrons. The van der Waals surface area contributed by atoms with Crippen LogP contribution in [0.2, 0.25) is 0 Å². The predicted octanol–water partition coefficient (Wildman–Crippen LogP) is 3.19. The normalized spacial score (nSPS) is 23.3. The first kappa shape index (κ1) is 12.3. The minimum Gasteiger partial charge on any atom is -0.298 e. The van der Waals surface area contributed by atoms with Crippen LogP contribution in [0.15, 0.2) is 30.3 Å². The standard InChI is InChI=1S/C15H21NO/c1-12(14-8-4-3-5-9-14)16-11-7-6-10-15(16)13(2)17/h3-5,8-9,12,15H,6-7,10-11H2,1-2H3. The van der Waals surface area contributed by atoms with Crippen molar-refractivity contribution in [1.29, 1.82) is 0 Å². The van der Waals surface area contributed by atoms with Gasteiger partial charge in [-0.2, -0.15) is 0 Å². The second-order valence-corrected chi connectivity index (χ2v) is 4.95. The van der Waals surface area contributed by atoms with E-state index < -0.39 is 0 Å². The van der Waals surface area contributed by atoms with Gasteiger partial charge in [-0.1, -0.05) is 36.8 Å². The average molecular weight is 231 g/mol. The molecule has 2 unspecified atom stereocenters. The van der Waals surface area contributed by atoms with Crippen molar-refractivity contribution in [2.45, 2.75) is 45.2 Å². The zero-order valence-electron chi connectivity index (χ0n) is 10.7. The van der Waals surface area contributed by atoms with Crippen LogP contribution in [0.1, 0.15) is 44.7 Å². The van der Waals surface area contributed by atoms with Crippen molar-refractivity contribution in [2.24, 2.45) is 0 Å². The van der Waals surface area contributed by atoms with E-state index in [0.29, 0.717) is 11.8 Å². The number of carbonyl (C=O) groups excluding carboxylic acids is 1. The minimum atomic E-state index is 0.124. The van der Waals surface area contributed by atoms with E-state index in [9.17, 15) is 4.79 Å². The van der Waals surface area contributed by atoms with Gasteiger partial charge < -0.3 is 0 Å². The summed E-state index contributed by atoms with van der Waals surface area (Å²) in [6.07, 6.45) is 3.41. The largest absolute Gasteiger partial charge is 0.298 e. The van der Waals surface area contributed by atoms with Gasteiger partial charge in [0.2, 0.25) is 0 Å². The third kappa shape index (κ3) is 2.75. The minimum absolute atomic E-state index is 0.124. The number of benzene rings is 1. The average Bonchev–Trinajstić information content (AvgIpc) is 2.39. The highest BCUT2D eigenvalue weighted by Gasteiger charge is 2.29. The zero-order chi connectivity index (χ0) is 12.3. The van der Waals surface area contributed by atoms with Crippen LogP contribution in [0.5, 0.6) is 0 Å². The number of rotatable bonds is 3. The number of ketones is 1. The first-order valence-electron chi connectivity index (χ1n) is 6.51. The number of hydrogen-bond donors (Lipinski definition) is 0. The topological polar surface area (TPSA) is 20.3 Å². The van der Waals surface area contributed by atoms with Crippen LogP contribution in [0.3, 0.4) is 0 Å². The van der Waals surface area contributed by atoms with Crippen molar-refractivity contribution < 1.29 is 4.79 Å². The van der Waals surface area contributed by atoms with Crippen LogP contribution in [0.25, 0.3) is 0 Å². The van der Waals surface area contributed by atoms with Crippen LogP contribution < -0.4 is 0 Å². The number of hydrogen-bond acceptors (Lipinski definition) is 2. The van der Waals surface area contributed by atoms with Crippen LogP contribution in [-0.2, 0) is 4.79 Å². The van der Waals surface area contributed by atoms with Gasteiger partial charge in [0.15, 0.2) is 0 Å². The van der Waals surface area contributed by atoms with Gasteiger partial charge in [0.1, 0.15) is 5.78 Å². The van der Waals surface area contributed by atoms with Crippen LogP contribution in [-0.4, -0.2) is 23.3 Å². The predicted molar refractivity (Wildman–Crippen MR) is 69.9 cm³/mol. The molecule has 0 bridgehead atoms. The molecule has 1 heterocycles. The summed E-state index contributed by atoms with van der Waals surface area (Å²) < 4.78 is 0. The van der Waals surface area contributed by atoms with Gasteiger partial charge >= 0.3 is 0 Å². The highest BCUT2D eigenvalue weighted by atomic mass is 16.1. The lowest BCUT2D eigenvalue weighted by Gasteiger charge is -2.38. The van der Waals surface area contributed by atoms with E-state index in [1.165, 1.54) is 18.4 Å². The monoisotopic (exact) mass is 231 g/mol. The molecular weight excluding hydrogens is 210 g/mol. The van der Waals surface area contributed by atoms with Gasteiger partial charge in [-0.05, 0) is 38.8 Å². The number of carbonyl (C=O) groups is 1. The number of piperidine rings is 1. The summed E-state index contributed by atoms with van der Waals surface area (Å²) in [6, 6.07) is 10.9. The van der Waals surface area contributed by atoms with E-state index in [4.69, 9.17) is 0 Å². The molecule has 0 amide bonds. The number of likely N-dealkylation sites (tertiary alicyclic amines) is 1. The van der Waals surface area contributed by atoms with Crippen molar-refractivity contribution in [3.05, 3.63) is 35.9 Å². The lowest BCUT2D eigenvalue weighted by Crippen LogP contribution is -2.44. The highest BCUT2D eigenvalue weighted by molar-refractivity contribution is 5.81. The summed E-state index contributed by atoms with van der Waals surface area (Å²) >= 11 is 0. The SMILES string of the molecule is CC(=O)C1CCCCN1C(C)c1ccccc1. The molecule has 2 nitrogen and oxygen atoms in total. The first-order valence-corrected chi connectivity index (χ1v) is 6.51. The van der Waals surface area contributed by atoms with E-state index in [-0.39, 0.29) is 6.04 Å². The molecule has 1 aromatic carbocycles. The van der Waals surface area contributed by atoms with Gasteiger partial charge in [-0.25, -0.2) is 0 Å². The van der Waals surface area contributed by atoms with Crippen molar-refractivity contribution in [1.82, 2.24) is 4.90 Å². The molecule has 2 rings (SSSR count). The molecule has 2 atom stereocenters. The molecule has 1 aromatic rings.